The van der Waals surface area contributed by atoms with Crippen LogP contribution in [-0.2, 0) is 11.0 Å². The van der Waals surface area contributed by atoms with E-state index in [1.807, 2.05) is 6.92 Å². The summed E-state index contributed by atoms with van der Waals surface area (Å²) in [7, 11) is -0.0302. The molecule has 0 aliphatic carbocycles. The zero-order chi connectivity index (χ0) is 24.4. The van der Waals surface area contributed by atoms with E-state index in [0.717, 1.165) is 12.1 Å². The van der Waals surface area contributed by atoms with E-state index in [4.69, 9.17) is 16.3 Å². The fourth-order valence-electron chi connectivity index (χ4n) is 3.53. The summed E-state index contributed by atoms with van der Waals surface area (Å²) in [4.78, 5) is 20.4. The van der Waals surface area contributed by atoms with Gasteiger partial charge in [0.05, 0.1) is 23.4 Å². The Morgan fingerprint density at radius 2 is 2.03 bits per heavy atom. The highest BCUT2D eigenvalue weighted by molar-refractivity contribution is 7.86. The summed E-state index contributed by atoms with van der Waals surface area (Å²) >= 11 is 6.38. The Hall–Kier alpha value is -3.30. The minimum atomic E-state index is -1.56. The number of aromatic amines is 1. The molecule has 0 spiro atoms. The van der Waals surface area contributed by atoms with E-state index in [-0.39, 0.29) is 17.0 Å². The molecule has 6 nitrogen and oxygen atoms in total. The van der Waals surface area contributed by atoms with Gasteiger partial charge in [-0.05, 0) is 42.8 Å². The van der Waals surface area contributed by atoms with Crippen LogP contribution in [0.4, 0.5) is 14.5 Å². The lowest BCUT2D eigenvalue weighted by Gasteiger charge is -2.11. The molecule has 0 fully saturated rings. The molecule has 176 valence electrons. The van der Waals surface area contributed by atoms with Crippen molar-refractivity contribution in [3.63, 3.8) is 0 Å². The third kappa shape index (κ3) is 4.53. The number of aromatic nitrogens is 2. The van der Waals surface area contributed by atoms with Crippen LogP contribution in [0.5, 0.6) is 5.75 Å². The summed E-state index contributed by atoms with van der Waals surface area (Å²) in [6, 6.07) is 8.90. The number of pyridine rings is 1. The molecule has 4 rings (SSSR count). The third-order valence-electron chi connectivity index (χ3n) is 5.19. The van der Waals surface area contributed by atoms with Crippen molar-refractivity contribution in [2.24, 2.45) is 0 Å². The first-order chi connectivity index (χ1) is 16.3. The summed E-state index contributed by atoms with van der Waals surface area (Å²) in [6.07, 6.45) is 3.54. The summed E-state index contributed by atoms with van der Waals surface area (Å²) in [5.41, 5.74) is 0.723. The molecule has 0 amide bonds. The largest absolute Gasteiger partial charge is 0.497 e. The van der Waals surface area contributed by atoms with Crippen LogP contribution in [0.1, 0.15) is 29.3 Å². The summed E-state index contributed by atoms with van der Waals surface area (Å²) in [5.74, 6) is -2.13. The fraction of sp³-hybridized carbons (Fsp3) is 0.167. The van der Waals surface area contributed by atoms with Crippen LogP contribution in [0.15, 0.2) is 48.8 Å². The molecule has 0 bridgehead atoms. The van der Waals surface area contributed by atoms with Gasteiger partial charge in [-0.25, -0.2) is 18.0 Å². The lowest BCUT2D eigenvalue weighted by molar-refractivity contribution is 0.103. The summed E-state index contributed by atoms with van der Waals surface area (Å²) in [6.45, 7) is 1.83. The number of methoxy groups -OCH3 is 1. The average molecular weight is 504 g/mol. The Balaban J connectivity index is 1.77. The van der Waals surface area contributed by atoms with E-state index in [1.54, 1.807) is 30.5 Å². The van der Waals surface area contributed by atoms with Gasteiger partial charge in [0.1, 0.15) is 28.2 Å². The molecule has 0 radical (unpaired) electrons. The van der Waals surface area contributed by atoms with E-state index >= 15 is 4.39 Å². The van der Waals surface area contributed by atoms with Gasteiger partial charge in [-0.1, -0.05) is 18.5 Å². The molecule has 0 saturated heterocycles. The van der Waals surface area contributed by atoms with Gasteiger partial charge in [0.2, 0.25) is 5.78 Å². The number of nitrogens with zero attached hydrogens (tertiary/aromatic N) is 1. The molecule has 2 aromatic carbocycles. The van der Waals surface area contributed by atoms with Crippen molar-refractivity contribution in [2.45, 2.75) is 13.3 Å². The van der Waals surface area contributed by atoms with Crippen molar-refractivity contribution in [1.82, 2.24) is 9.97 Å². The molecule has 1 unspecified atom stereocenters. The summed E-state index contributed by atoms with van der Waals surface area (Å²) in [5, 5.41) is 0.793. The Bertz CT molecular complexity index is 1420. The Morgan fingerprint density at radius 1 is 1.24 bits per heavy atom. The Labute approximate surface area is 201 Å². The van der Waals surface area contributed by atoms with Gasteiger partial charge in [0, 0.05) is 40.2 Å². The fourth-order valence-corrected chi connectivity index (χ4v) is 4.68. The lowest BCUT2D eigenvalue weighted by atomic mass is 9.99. The molecule has 2 heterocycles. The van der Waals surface area contributed by atoms with Crippen molar-refractivity contribution in [1.29, 1.82) is 0 Å². The zero-order valence-electron chi connectivity index (χ0n) is 18.2. The number of rotatable bonds is 8. The second-order valence-electron chi connectivity index (χ2n) is 7.43. The van der Waals surface area contributed by atoms with E-state index < -0.39 is 34.0 Å². The first kappa shape index (κ1) is 23.8. The lowest BCUT2D eigenvalue weighted by Crippen LogP contribution is -2.13. The first-order valence-corrected chi connectivity index (χ1v) is 12.0. The molecule has 10 heteroatoms. The number of fused-ring (bicyclic) bond motifs is 1. The smallest absolute Gasteiger partial charge is 0.201 e. The molecule has 0 aliphatic rings. The molecule has 2 aromatic heterocycles. The maximum atomic E-state index is 15.1. The number of H-pyrrole nitrogens is 1. The Morgan fingerprint density at radius 3 is 2.74 bits per heavy atom. The van der Waals surface area contributed by atoms with Crippen LogP contribution in [0, 0.1) is 11.6 Å². The second kappa shape index (κ2) is 9.90. The van der Waals surface area contributed by atoms with E-state index in [1.165, 1.54) is 13.3 Å². The van der Waals surface area contributed by atoms with Crippen LogP contribution >= 0.6 is 11.6 Å². The SMILES string of the molecule is CCCS(=O)Nc1ccc(F)c(C(=O)c2c[nH]c3ncc(-c4ccc(OC)cc4Cl)cc23)c1F. The van der Waals surface area contributed by atoms with Crippen molar-refractivity contribution >= 4 is 45.1 Å². The number of benzene rings is 2. The van der Waals surface area contributed by atoms with E-state index in [9.17, 15) is 13.4 Å². The van der Waals surface area contributed by atoms with Gasteiger partial charge >= 0.3 is 0 Å². The maximum Gasteiger partial charge on any atom is 0.201 e. The number of halogens is 3. The zero-order valence-corrected chi connectivity index (χ0v) is 19.8. The molecular weight excluding hydrogens is 484 g/mol. The predicted octanol–water partition coefficient (Wildman–Crippen LogP) is 5.89. The van der Waals surface area contributed by atoms with Crippen molar-refractivity contribution in [3.05, 3.63) is 76.6 Å². The average Bonchev–Trinajstić information content (AvgIpc) is 3.24. The van der Waals surface area contributed by atoms with E-state index in [2.05, 4.69) is 14.7 Å². The summed E-state index contributed by atoms with van der Waals surface area (Å²) < 4.78 is 49.4. The third-order valence-corrected chi connectivity index (χ3v) is 6.73. The minimum absolute atomic E-state index is 0.0404. The van der Waals surface area contributed by atoms with Gasteiger partial charge in [-0.3, -0.25) is 4.79 Å². The number of carbonyl (C=O) groups excluding carboxylic acids is 1. The number of hydrogen-bond acceptors (Lipinski definition) is 4. The second-order valence-corrected chi connectivity index (χ2v) is 9.14. The standard InChI is InChI=1S/C24H20ClF2N3O3S/c1-3-8-34(32)30-20-7-6-19(26)21(22(20)27)23(31)17-12-29-24-16(17)9-13(11-28-24)15-5-4-14(33-2)10-18(15)25/h4-7,9-12,30H,3,8H2,1-2H3,(H,28,29). The molecule has 34 heavy (non-hydrogen) atoms. The number of nitrogens with one attached hydrogen (secondary N) is 2. The first-order valence-electron chi connectivity index (χ1n) is 10.3. The molecule has 2 N–H and O–H groups in total. The van der Waals surface area contributed by atoms with Gasteiger partial charge in [-0.2, -0.15) is 0 Å². The highest BCUT2D eigenvalue weighted by Gasteiger charge is 2.25. The van der Waals surface area contributed by atoms with Crippen LogP contribution in [0.3, 0.4) is 0 Å². The van der Waals surface area contributed by atoms with Crippen LogP contribution in [-0.4, -0.2) is 32.8 Å². The highest BCUT2D eigenvalue weighted by Crippen LogP contribution is 2.34. The van der Waals surface area contributed by atoms with Crippen LogP contribution < -0.4 is 9.46 Å². The van der Waals surface area contributed by atoms with Crippen LogP contribution in [0.25, 0.3) is 22.2 Å². The molecule has 0 aliphatic heterocycles. The topological polar surface area (TPSA) is 84.1 Å². The monoisotopic (exact) mass is 503 g/mol. The predicted molar refractivity (Wildman–Crippen MR) is 130 cm³/mol. The molecule has 4 aromatic rings. The molecule has 0 saturated carbocycles. The number of ether oxygens (including phenoxy) is 1. The number of hydrogen-bond donors (Lipinski definition) is 2. The molecular formula is C24H20ClF2N3O3S. The number of anilines is 1. The normalized spacial score (nSPS) is 12.0. The number of ketones is 1. The van der Waals surface area contributed by atoms with Gasteiger partial charge in [0.15, 0.2) is 5.82 Å². The maximum absolute atomic E-state index is 15.1. The molecule has 1 atom stereocenters. The van der Waals surface area contributed by atoms with Crippen molar-refractivity contribution in [3.8, 4) is 16.9 Å². The quantitative estimate of drug-likeness (QED) is 0.294. The highest BCUT2D eigenvalue weighted by atomic mass is 35.5. The minimum Gasteiger partial charge on any atom is -0.497 e. The van der Waals surface area contributed by atoms with Gasteiger partial charge in [0.25, 0.3) is 0 Å². The van der Waals surface area contributed by atoms with Crippen LogP contribution in [0.2, 0.25) is 5.02 Å². The van der Waals surface area contributed by atoms with Gasteiger partial charge < -0.3 is 14.4 Å². The van der Waals surface area contributed by atoms with Gasteiger partial charge in [-0.15, -0.1) is 0 Å². The number of carbonyl (C=O) groups is 1. The van der Waals surface area contributed by atoms with Crippen molar-refractivity contribution in [2.75, 3.05) is 17.6 Å². The Kier molecular flexibility index (Phi) is 6.95. The van der Waals surface area contributed by atoms with E-state index in [0.29, 0.717) is 39.4 Å². The van der Waals surface area contributed by atoms with Crippen molar-refractivity contribution < 1.29 is 22.5 Å².